The summed E-state index contributed by atoms with van der Waals surface area (Å²) in [5, 5.41) is 12.8. The molecule has 0 saturated carbocycles. The molecular formula is C42H85O2P. The molecule has 0 aromatic carbocycles. The molecule has 0 spiro atoms. The van der Waals surface area contributed by atoms with Crippen LogP contribution in [0.4, 0.5) is 0 Å². The van der Waals surface area contributed by atoms with Crippen molar-refractivity contribution in [3.05, 3.63) is 0 Å². The molecule has 2 nitrogen and oxygen atoms in total. The summed E-state index contributed by atoms with van der Waals surface area (Å²) < 4.78 is 0. The molecule has 0 N–H and O–H groups in total. The summed E-state index contributed by atoms with van der Waals surface area (Å²) in [5.74, 6) is -0.204. The van der Waals surface area contributed by atoms with Crippen LogP contribution in [0.1, 0.15) is 247 Å². The smallest absolute Gasteiger partial charge is 0.118 e. The van der Waals surface area contributed by atoms with Crippen LogP contribution in [0.5, 0.6) is 0 Å². The van der Waals surface area contributed by atoms with Crippen LogP contribution in [0.2, 0.25) is 0 Å². The van der Waals surface area contributed by atoms with Crippen molar-refractivity contribution in [2.45, 2.75) is 252 Å². The molecule has 2 atom stereocenters. The average Bonchev–Trinajstić information content (AvgIpc) is 3.03. The van der Waals surface area contributed by atoms with Crippen LogP contribution in [0.3, 0.4) is 0 Å². The van der Waals surface area contributed by atoms with Crippen LogP contribution < -0.4 is 5.11 Å². The van der Waals surface area contributed by atoms with E-state index in [1.54, 1.807) is 0 Å². The fraction of sp³-hybridized carbons (Fsp3) is 0.976. The lowest BCUT2D eigenvalue weighted by molar-refractivity contribution is -0.314. The maximum Gasteiger partial charge on any atom is 0.118 e. The summed E-state index contributed by atoms with van der Waals surface area (Å²) in [7, 11) is 1.88. The van der Waals surface area contributed by atoms with Gasteiger partial charge in [-0.3, -0.25) is 0 Å². The van der Waals surface area contributed by atoms with Crippen molar-refractivity contribution < 1.29 is 9.90 Å². The summed E-state index contributed by atoms with van der Waals surface area (Å²) >= 11 is 0. The monoisotopic (exact) mass is 653 g/mol. The number of carbonyl (C=O) groups excluding carboxylic acids is 1. The molecule has 0 aliphatic rings. The van der Waals surface area contributed by atoms with Gasteiger partial charge in [-0.2, -0.15) is 0 Å². The fourth-order valence-corrected chi connectivity index (χ4v) is 9.18. The molecule has 2 unspecified atom stereocenters. The standard InChI is InChI=1S/C42H85O2P/c1-6-11-16-21-22-23-24-25-26-27-28-33-38-42(45,40(43)44)41(36-31-19-14-9-4,37-32-20-15-10-5)39(34-29-17-12-7-2)35-30-18-13-8-3/h39H,6-38,45H2,1-5H3,(H,43,44). The predicted octanol–water partition coefficient (Wildman–Crippen LogP) is 13.7. The molecule has 0 saturated heterocycles. The Bertz CT molecular complexity index is 610. The summed E-state index contributed by atoms with van der Waals surface area (Å²) in [4.78, 5) is 13.5. The molecule has 0 aromatic heterocycles. The Balaban J connectivity index is 5.86. The molecule has 0 radical (unpaired) electrons. The molecule has 45 heavy (non-hydrogen) atoms. The van der Waals surface area contributed by atoms with Gasteiger partial charge in [-0.15, -0.1) is 0 Å². The lowest BCUT2D eigenvalue weighted by Gasteiger charge is -2.52. The highest BCUT2D eigenvalue weighted by molar-refractivity contribution is 7.21. The number of carboxylic acid groups (broad SMARTS) is 1. The Morgan fingerprint density at radius 3 is 1.04 bits per heavy atom. The highest BCUT2D eigenvalue weighted by Crippen LogP contribution is 2.57. The third-order valence-electron chi connectivity index (χ3n) is 11.3. The molecule has 0 aliphatic carbocycles. The van der Waals surface area contributed by atoms with Crippen molar-refractivity contribution in [2.24, 2.45) is 11.3 Å². The summed E-state index contributed by atoms with van der Waals surface area (Å²) in [6.45, 7) is 11.5. The third-order valence-corrected chi connectivity index (χ3v) is 12.7. The Hall–Kier alpha value is -0.100. The molecule has 0 fully saturated rings. The van der Waals surface area contributed by atoms with Gasteiger partial charge in [-0.1, -0.05) is 208 Å². The zero-order chi connectivity index (χ0) is 33.5. The highest BCUT2D eigenvalue weighted by atomic mass is 31.0. The van der Waals surface area contributed by atoms with Crippen molar-refractivity contribution in [3.8, 4) is 0 Å². The van der Waals surface area contributed by atoms with Gasteiger partial charge in [-0.05, 0) is 53.7 Å². The Morgan fingerprint density at radius 2 is 0.711 bits per heavy atom. The van der Waals surface area contributed by atoms with Crippen molar-refractivity contribution in [2.75, 3.05) is 0 Å². The van der Waals surface area contributed by atoms with E-state index in [4.69, 9.17) is 0 Å². The molecule has 270 valence electrons. The normalized spacial score (nSPS) is 13.6. The average molecular weight is 653 g/mol. The zero-order valence-electron chi connectivity index (χ0n) is 31.9. The van der Waals surface area contributed by atoms with Gasteiger partial charge in [-0.25, -0.2) is 0 Å². The first-order chi connectivity index (χ1) is 21.9. The largest absolute Gasteiger partial charge is 0.546 e. The number of rotatable bonds is 36. The Labute approximate surface area is 287 Å². The minimum Gasteiger partial charge on any atom is -0.546 e. The second kappa shape index (κ2) is 31.2. The number of hydrogen-bond donors (Lipinski definition) is 0. The number of unbranched alkanes of at least 4 members (excludes halogenated alkanes) is 23. The van der Waals surface area contributed by atoms with E-state index in [-0.39, 0.29) is 5.41 Å². The van der Waals surface area contributed by atoms with Gasteiger partial charge >= 0.3 is 0 Å². The molecule has 0 aliphatic heterocycles. The molecule has 0 rings (SSSR count). The van der Waals surface area contributed by atoms with Gasteiger partial charge in [0.15, 0.2) is 0 Å². The molecule has 0 amide bonds. The number of carboxylic acids is 1. The summed E-state index contributed by atoms with van der Waals surface area (Å²) in [6, 6.07) is 0. The lowest BCUT2D eigenvalue weighted by atomic mass is 9.57. The van der Waals surface area contributed by atoms with Gasteiger partial charge < -0.3 is 9.90 Å². The van der Waals surface area contributed by atoms with Gasteiger partial charge in [0, 0.05) is 5.41 Å². The summed E-state index contributed by atoms with van der Waals surface area (Å²) in [6.07, 6.45) is 41.5. The molecule has 0 aromatic rings. The lowest BCUT2D eigenvalue weighted by Crippen LogP contribution is -2.58. The molecule has 0 heterocycles. The second-order valence-electron chi connectivity index (χ2n) is 15.2. The Morgan fingerprint density at radius 1 is 0.444 bits per heavy atom. The molecule has 0 bridgehead atoms. The maximum absolute atomic E-state index is 13.5. The minimum atomic E-state index is -0.720. The van der Waals surface area contributed by atoms with Crippen LogP contribution >= 0.6 is 9.24 Å². The first-order valence-electron chi connectivity index (χ1n) is 21.0. The van der Waals surface area contributed by atoms with E-state index < -0.39 is 11.1 Å². The van der Waals surface area contributed by atoms with Crippen molar-refractivity contribution in [1.29, 1.82) is 0 Å². The van der Waals surface area contributed by atoms with Crippen LogP contribution in [-0.2, 0) is 4.79 Å². The molecular weight excluding hydrogens is 567 g/mol. The SMILES string of the molecule is CCCCCCCCCCCCCCC([PH3+])(C(=O)[O-])C(CCCCCC)(CCCCCC)C(CCCCCC)CCCCCC. The van der Waals surface area contributed by atoms with Crippen molar-refractivity contribution >= 4 is 15.2 Å². The van der Waals surface area contributed by atoms with Gasteiger partial charge in [0.05, 0.1) is 5.97 Å². The zero-order valence-corrected chi connectivity index (χ0v) is 33.3. The quantitative estimate of drug-likeness (QED) is 0.0499. The van der Waals surface area contributed by atoms with Crippen molar-refractivity contribution in [3.63, 3.8) is 0 Å². The van der Waals surface area contributed by atoms with E-state index in [2.05, 4.69) is 34.6 Å². The van der Waals surface area contributed by atoms with E-state index in [1.807, 2.05) is 9.24 Å². The van der Waals surface area contributed by atoms with Crippen molar-refractivity contribution in [1.82, 2.24) is 0 Å². The Kier molecular flexibility index (Phi) is 31.1. The van der Waals surface area contributed by atoms with Gasteiger partial charge in [0.25, 0.3) is 0 Å². The van der Waals surface area contributed by atoms with Crippen LogP contribution in [0, 0.1) is 11.3 Å². The van der Waals surface area contributed by atoms with Crippen LogP contribution in [-0.4, -0.2) is 11.1 Å². The van der Waals surface area contributed by atoms with E-state index in [0.717, 1.165) is 25.7 Å². The van der Waals surface area contributed by atoms with Gasteiger partial charge in [0.2, 0.25) is 0 Å². The first-order valence-corrected chi connectivity index (χ1v) is 21.7. The number of hydrogen-bond acceptors (Lipinski definition) is 2. The number of aliphatic carboxylic acids is 1. The van der Waals surface area contributed by atoms with Gasteiger partial charge in [0.1, 0.15) is 5.16 Å². The van der Waals surface area contributed by atoms with Crippen LogP contribution in [0.15, 0.2) is 0 Å². The highest BCUT2D eigenvalue weighted by Gasteiger charge is 2.55. The van der Waals surface area contributed by atoms with E-state index >= 15 is 0 Å². The fourth-order valence-electron chi connectivity index (χ4n) is 8.29. The minimum absolute atomic E-state index is 0.123. The maximum atomic E-state index is 13.5. The van der Waals surface area contributed by atoms with Crippen LogP contribution in [0.25, 0.3) is 0 Å². The van der Waals surface area contributed by atoms with E-state index in [9.17, 15) is 9.90 Å². The number of carbonyl (C=O) groups is 1. The summed E-state index contributed by atoms with van der Waals surface area (Å²) in [5.41, 5.74) is -0.123. The topological polar surface area (TPSA) is 40.1 Å². The first kappa shape index (κ1) is 44.9. The molecule has 3 heteroatoms. The third kappa shape index (κ3) is 20.1. The second-order valence-corrected chi connectivity index (χ2v) is 16.4. The van der Waals surface area contributed by atoms with E-state index in [0.29, 0.717) is 5.92 Å². The predicted molar refractivity (Wildman–Crippen MR) is 205 cm³/mol. The van der Waals surface area contributed by atoms with E-state index in [1.165, 1.54) is 186 Å².